The molecule has 21 heavy (non-hydrogen) atoms. The molecule has 0 heterocycles. The van der Waals surface area contributed by atoms with Crippen molar-refractivity contribution in [2.45, 2.75) is 18.6 Å². The van der Waals surface area contributed by atoms with Crippen LogP contribution in [-0.4, -0.2) is 22.3 Å². The Labute approximate surface area is 129 Å². The molecule has 0 bridgehead atoms. The van der Waals surface area contributed by atoms with Crippen molar-refractivity contribution in [3.8, 4) is 0 Å². The van der Waals surface area contributed by atoms with Gasteiger partial charge in [-0.1, -0.05) is 42.5 Å². The largest absolute Gasteiger partial charge is 0.478 e. The lowest BCUT2D eigenvalue weighted by Gasteiger charge is -2.19. The highest BCUT2D eigenvalue weighted by molar-refractivity contribution is 5.87. The predicted octanol–water partition coefficient (Wildman–Crippen LogP) is 2.41. The molecule has 2 aromatic rings. The van der Waals surface area contributed by atoms with Gasteiger partial charge >= 0.3 is 5.97 Å². The molecule has 2 rings (SSSR count). The van der Waals surface area contributed by atoms with E-state index in [9.17, 15) is 9.90 Å². The van der Waals surface area contributed by atoms with Crippen LogP contribution in [0.1, 0.15) is 27.5 Å². The van der Waals surface area contributed by atoms with Crippen molar-refractivity contribution in [3.63, 3.8) is 0 Å². The lowest BCUT2D eigenvalue weighted by molar-refractivity contribution is 0.0697. The first-order valence-electron chi connectivity index (χ1n) is 6.39. The molecule has 0 amide bonds. The zero-order valence-corrected chi connectivity index (χ0v) is 12.2. The molecule has 0 saturated carbocycles. The van der Waals surface area contributed by atoms with Gasteiger partial charge in [0.15, 0.2) is 0 Å². The molecule has 4 nitrogen and oxygen atoms in total. The number of carbonyl (C=O) groups is 1. The van der Waals surface area contributed by atoms with E-state index in [1.807, 2.05) is 30.3 Å². The number of nitrogens with two attached hydrogens (primary N) is 1. The van der Waals surface area contributed by atoms with Crippen molar-refractivity contribution in [2.75, 3.05) is 0 Å². The Kier molecular flexibility index (Phi) is 6.37. The SMILES string of the molecule is Cl.N[C@H](c1ccc(C(=O)O)cc1)[C@@H](O)Cc1ccccc1. The summed E-state index contributed by atoms with van der Waals surface area (Å²) in [6.07, 6.45) is -0.254. The number of hydrogen-bond donors (Lipinski definition) is 3. The lowest BCUT2D eigenvalue weighted by atomic mass is 9.96. The fourth-order valence-electron chi connectivity index (χ4n) is 2.05. The fourth-order valence-corrected chi connectivity index (χ4v) is 2.05. The van der Waals surface area contributed by atoms with Gasteiger partial charge in [-0.2, -0.15) is 0 Å². The molecule has 2 atom stereocenters. The molecule has 0 radical (unpaired) electrons. The van der Waals surface area contributed by atoms with Crippen molar-refractivity contribution in [3.05, 3.63) is 71.3 Å². The minimum absolute atomic E-state index is 0. The quantitative estimate of drug-likeness (QED) is 0.792. The first kappa shape index (κ1) is 17.2. The zero-order chi connectivity index (χ0) is 14.5. The summed E-state index contributed by atoms with van der Waals surface area (Å²) in [6, 6.07) is 15.3. The summed E-state index contributed by atoms with van der Waals surface area (Å²) in [4.78, 5) is 10.8. The Balaban J connectivity index is 0.00000220. The Morgan fingerprint density at radius 1 is 1.05 bits per heavy atom. The van der Waals surface area contributed by atoms with Gasteiger partial charge in [-0.15, -0.1) is 12.4 Å². The average molecular weight is 308 g/mol. The molecule has 0 unspecified atom stereocenters. The molecule has 0 saturated heterocycles. The number of rotatable bonds is 5. The van der Waals surface area contributed by atoms with Gasteiger partial charge in [0, 0.05) is 6.42 Å². The molecule has 112 valence electrons. The van der Waals surface area contributed by atoms with E-state index >= 15 is 0 Å². The van der Waals surface area contributed by atoms with Crippen LogP contribution >= 0.6 is 12.4 Å². The number of aromatic carboxylic acids is 1. The summed E-state index contributed by atoms with van der Waals surface area (Å²) >= 11 is 0. The van der Waals surface area contributed by atoms with Gasteiger partial charge in [-0.3, -0.25) is 0 Å². The molecular formula is C16H18ClNO3. The smallest absolute Gasteiger partial charge is 0.335 e. The lowest BCUT2D eigenvalue weighted by Crippen LogP contribution is -2.28. The van der Waals surface area contributed by atoms with Gasteiger partial charge in [0.1, 0.15) is 0 Å². The van der Waals surface area contributed by atoms with Crippen LogP contribution in [0.4, 0.5) is 0 Å². The number of benzene rings is 2. The van der Waals surface area contributed by atoms with Crippen LogP contribution in [0, 0.1) is 0 Å². The monoisotopic (exact) mass is 307 g/mol. The third-order valence-corrected chi connectivity index (χ3v) is 3.24. The van der Waals surface area contributed by atoms with Gasteiger partial charge in [-0.05, 0) is 23.3 Å². The van der Waals surface area contributed by atoms with Gasteiger partial charge in [-0.25, -0.2) is 4.79 Å². The summed E-state index contributed by atoms with van der Waals surface area (Å²) in [5, 5.41) is 19.0. The van der Waals surface area contributed by atoms with Crippen molar-refractivity contribution in [1.29, 1.82) is 0 Å². The number of carboxylic acid groups (broad SMARTS) is 1. The minimum atomic E-state index is -0.977. The summed E-state index contributed by atoms with van der Waals surface area (Å²) < 4.78 is 0. The first-order chi connectivity index (χ1) is 9.58. The topological polar surface area (TPSA) is 83.6 Å². The zero-order valence-electron chi connectivity index (χ0n) is 11.3. The molecule has 2 aromatic carbocycles. The van der Waals surface area contributed by atoms with Gasteiger partial charge in [0.25, 0.3) is 0 Å². The second-order valence-corrected chi connectivity index (χ2v) is 4.71. The number of hydrogen-bond acceptors (Lipinski definition) is 3. The Bertz CT molecular complexity index is 572. The van der Waals surface area contributed by atoms with E-state index in [0.29, 0.717) is 6.42 Å². The Morgan fingerprint density at radius 3 is 2.14 bits per heavy atom. The van der Waals surface area contributed by atoms with Crippen molar-refractivity contribution in [2.24, 2.45) is 5.73 Å². The molecule has 4 N–H and O–H groups in total. The van der Waals surface area contributed by atoms with Crippen LogP contribution in [0.15, 0.2) is 54.6 Å². The van der Waals surface area contributed by atoms with E-state index in [-0.39, 0.29) is 18.0 Å². The van der Waals surface area contributed by atoms with E-state index in [0.717, 1.165) is 11.1 Å². The summed E-state index contributed by atoms with van der Waals surface area (Å²) in [5.74, 6) is -0.977. The van der Waals surface area contributed by atoms with E-state index in [2.05, 4.69) is 0 Å². The van der Waals surface area contributed by atoms with Gasteiger partial charge in [0.2, 0.25) is 0 Å². The molecule has 0 spiro atoms. The van der Waals surface area contributed by atoms with Crippen molar-refractivity contribution in [1.82, 2.24) is 0 Å². The van der Waals surface area contributed by atoms with Crippen LogP contribution < -0.4 is 5.73 Å². The van der Waals surface area contributed by atoms with Crippen molar-refractivity contribution >= 4 is 18.4 Å². The summed E-state index contributed by atoms with van der Waals surface area (Å²) in [7, 11) is 0. The highest BCUT2D eigenvalue weighted by Gasteiger charge is 2.17. The number of carboxylic acids is 1. The maximum atomic E-state index is 10.8. The molecule has 0 aliphatic rings. The standard InChI is InChI=1S/C16H17NO3.ClH/c17-15(12-6-8-13(9-7-12)16(19)20)14(18)10-11-4-2-1-3-5-11;/h1-9,14-15,18H,10,17H2,(H,19,20);1H/t14-,15+;/m0./s1. The molecule has 0 aromatic heterocycles. The van der Waals surface area contributed by atoms with E-state index < -0.39 is 18.1 Å². The summed E-state index contributed by atoms with van der Waals surface area (Å²) in [6.45, 7) is 0. The van der Waals surface area contributed by atoms with Gasteiger partial charge < -0.3 is 15.9 Å². The number of aliphatic hydroxyl groups excluding tert-OH is 1. The van der Waals surface area contributed by atoms with Gasteiger partial charge in [0.05, 0.1) is 17.7 Å². The first-order valence-corrected chi connectivity index (χ1v) is 6.39. The molecule has 5 heteroatoms. The highest BCUT2D eigenvalue weighted by Crippen LogP contribution is 2.18. The molecule has 0 aliphatic heterocycles. The predicted molar refractivity (Wildman–Crippen MR) is 83.7 cm³/mol. The Morgan fingerprint density at radius 2 is 1.62 bits per heavy atom. The number of aliphatic hydroxyl groups is 1. The average Bonchev–Trinajstić information content (AvgIpc) is 2.47. The molecule has 0 aliphatic carbocycles. The van der Waals surface area contributed by atoms with E-state index in [1.165, 1.54) is 12.1 Å². The second kappa shape index (κ2) is 7.78. The molecule has 0 fully saturated rings. The maximum Gasteiger partial charge on any atom is 0.335 e. The third kappa shape index (κ3) is 4.56. The summed E-state index contributed by atoms with van der Waals surface area (Å²) in [5.41, 5.74) is 7.95. The minimum Gasteiger partial charge on any atom is -0.478 e. The van der Waals surface area contributed by atoms with E-state index in [1.54, 1.807) is 12.1 Å². The van der Waals surface area contributed by atoms with Crippen LogP contribution in [-0.2, 0) is 6.42 Å². The van der Waals surface area contributed by atoms with Crippen LogP contribution in [0.25, 0.3) is 0 Å². The van der Waals surface area contributed by atoms with Crippen LogP contribution in [0.5, 0.6) is 0 Å². The van der Waals surface area contributed by atoms with Crippen LogP contribution in [0.3, 0.4) is 0 Å². The number of halogens is 1. The fraction of sp³-hybridized carbons (Fsp3) is 0.188. The van der Waals surface area contributed by atoms with Crippen molar-refractivity contribution < 1.29 is 15.0 Å². The van der Waals surface area contributed by atoms with Crippen LogP contribution in [0.2, 0.25) is 0 Å². The molecular weight excluding hydrogens is 290 g/mol. The van der Waals surface area contributed by atoms with E-state index in [4.69, 9.17) is 10.8 Å². The highest BCUT2D eigenvalue weighted by atomic mass is 35.5. The maximum absolute atomic E-state index is 10.8. The normalized spacial score (nSPS) is 13.0. The second-order valence-electron chi connectivity index (χ2n) is 4.71. The third-order valence-electron chi connectivity index (χ3n) is 3.24. The Hall–Kier alpha value is -1.88.